The number of amides is 2. The zero-order valence-corrected chi connectivity index (χ0v) is 21.6. The molecule has 4 saturated heterocycles. The molecule has 0 aromatic heterocycles. The Balaban J connectivity index is 1.40. The molecule has 1 saturated carbocycles. The molecule has 2 amide bonds. The Kier molecular flexibility index (Phi) is 3.98. The van der Waals surface area contributed by atoms with Gasteiger partial charge in [0.2, 0.25) is 11.8 Å². The number of likely N-dealkylation sites (N-methyl/N-ethyl adjacent to an activating group) is 1. The van der Waals surface area contributed by atoms with Crippen molar-refractivity contribution in [2.24, 2.45) is 11.3 Å². The Labute approximate surface area is 207 Å². The van der Waals surface area contributed by atoms with Crippen LogP contribution in [0.3, 0.4) is 0 Å². The molecular formula is C28H37N3O4. The molecule has 3 unspecified atom stereocenters. The summed E-state index contributed by atoms with van der Waals surface area (Å²) in [6, 6.07) is 4.08. The third kappa shape index (κ3) is 2.33. The zero-order valence-electron chi connectivity index (χ0n) is 21.6. The average Bonchev–Trinajstić information content (AvgIpc) is 3.12. The van der Waals surface area contributed by atoms with Crippen molar-refractivity contribution in [1.29, 1.82) is 0 Å². The van der Waals surface area contributed by atoms with Gasteiger partial charge in [0, 0.05) is 20.0 Å². The molecule has 8 rings (SSSR count). The molecule has 35 heavy (non-hydrogen) atoms. The van der Waals surface area contributed by atoms with Crippen LogP contribution in [0.5, 0.6) is 11.5 Å². The minimum Gasteiger partial charge on any atom is -0.487 e. The lowest BCUT2D eigenvalue weighted by atomic mass is 9.56. The molecule has 1 N–H and O–H groups in total. The molecule has 7 aliphatic rings. The predicted molar refractivity (Wildman–Crippen MR) is 132 cm³/mol. The number of piperidine rings is 3. The van der Waals surface area contributed by atoms with Crippen LogP contribution in [0.15, 0.2) is 12.1 Å². The van der Waals surface area contributed by atoms with E-state index in [4.69, 9.17) is 9.47 Å². The minimum atomic E-state index is -0.720. The fourth-order valence-corrected chi connectivity index (χ4v) is 9.09. The van der Waals surface area contributed by atoms with Gasteiger partial charge in [0.05, 0.1) is 23.2 Å². The molecule has 5 fully saturated rings. The molecule has 2 bridgehead atoms. The van der Waals surface area contributed by atoms with E-state index in [2.05, 4.69) is 48.9 Å². The molecule has 7 heteroatoms. The second-order valence-electron chi connectivity index (χ2n) is 13.2. The second-order valence-corrected chi connectivity index (χ2v) is 13.2. The topological polar surface area (TPSA) is 71.1 Å². The van der Waals surface area contributed by atoms with Crippen molar-refractivity contribution in [3.05, 3.63) is 17.7 Å². The first kappa shape index (κ1) is 22.0. The van der Waals surface area contributed by atoms with E-state index in [0.717, 1.165) is 56.4 Å². The Hall–Kier alpha value is -2.28. The number of ether oxygens (including phenoxy) is 2. The van der Waals surface area contributed by atoms with Crippen molar-refractivity contribution in [3.8, 4) is 11.5 Å². The number of rotatable bonds is 0. The quantitative estimate of drug-likeness (QED) is 0.614. The third-order valence-corrected chi connectivity index (χ3v) is 11.0. The third-order valence-electron chi connectivity index (χ3n) is 11.0. The van der Waals surface area contributed by atoms with Gasteiger partial charge in [-0.2, -0.15) is 0 Å². The average molecular weight is 480 g/mol. The summed E-state index contributed by atoms with van der Waals surface area (Å²) >= 11 is 0. The van der Waals surface area contributed by atoms with Gasteiger partial charge in [-0.3, -0.25) is 14.5 Å². The van der Waals surface area contributed by atoms with Crippen LogP contribution in [0, 0.1) is 11.3 Å². The number of nitrogens with zero attached hydrogens (tertiary/aromatic N) is 2. The SMILES string of the molecule is CN1C(=O)C23CCCCN2CC12C[C@@]1(C(=O)Nc4c1ccc1c4OCCC(C)(C)O1)C(C)(C)C2C3. The molecule has 1 aromatic carbocycles. The van der Waals surface area contributed by atoms with Crippen LogP contribution in [-0.2, 0) is 15.0 Å². The predicted octanol–water partition coefficient (Wildman–Crippen LogP) is 3.70. The van der Waals surface area contributed by atoms with Gasteiger partial charge < -0.3 is 19.7 Å². The number of carbonyl (C=O) groups is 2. The summed E-state index contributed by atoms with van der Waals surface area (Å²) in [5, 5.41) is 3.26. The van der Waals surface area contributed by atoms with Gasteiger partial charge in [0.1, 0.15) is 11.1 Å². The summed E-state index contributed by atoms with van der Waals surface area (Å²) in [5.41, 5.74) is -0.326. The van der Waals surface area contributed by atoms with E-state index in [1.807, 2.05) is 13.1 Å². The maximum Gasteiger partial charge on any atom is 0.243 e. The Bertz CT molecular complexity index is 1180. The summed E-state index contributed by atoms with van der Waals surface area (Å²) in [6.45, 7) is 11.1. The first-order valence-corrected chi connectivity index (χ1v) is 13.3. The number of hydrogen-bond donors (Lipinski definition) is 1. The number of anilines is 1. The molecule has 6 heterocycles. The highest BCUT2D eigenvalue weighted by Gasteiger charge is 2.79. The van der Waals surface area contributed by atoms with E-state index in [1.165, 1.54) is 0 Å². The van der Waals surface area contributed by atoms with E-state index >= 15 is 0 Å². The van der Waals surface area contributed by atoms with Gasteiger partial charge in [-0.05, 0) is 75.5 Å². The van der Waals surface area contributed by atoms with E-state index in [0.29, 0.717) is 24.5 Å². The summed E-state index contributed by atoms with van der Waals surface area (Å²) < 4.78 is 12.5. The maximum atomic E-state index is 14.2. The monoisotopic (exact) mass is 479 g/mol. The van der Waals surface area contributed by atoms with Crippen LogP contribution in [0.1, 0.15) is 71.8 Å². The van der Waals surface area contributed by atoms with Gasteiger partial charge in [-0.1, -0.05) is 19.9 Å². The Morgan fingerprint density at radius 2 is 1.89 bits per heavy atom. The van der Waals surface area contributed by atoms with Crippen molar-refractivity contribution >= 4 is 17.5 Å². The molecular weight excluding hydrogens is 442 g/mol. The summed E-state index contributed by atoms with van der Waals surface area (Å²) in [6.07, 6.45) is 5.46. The van der Waals surface area contributed by atoms with E-state index in [-0.39, 0.29) is 34.3 Å². The van der Waals surface area contributed by atoms with Crippen LogP contribution < -0.4 is 14.8 Å². The fraction of sp³-hybridized carbons (Fsp3) is 0.714. The molecule has 4 atom stereocenters. The lowest BCUT2D eigenvalue weighted by Crippen LogP contribution is -2.80. The van der Waals surface area contributed by atoms with Gasteiger partial charge in [-0.25, -0.2) is 0 Å². The molecule has 1 aliphatic carbocycles. The normalized spacial score (nSPS) is 40.3. The lowest BCUT2D eigenvalue weighted by molar-refractivity contribution is -0.196. The zero-order chi connectivity index (χ0) is 24.6. The first-order chi connectivity index (χ1) is 16.5. The van der Waals surface area contributed by atoms with Crippen molar-refractivity contribution in [2.45, 2.75) is 88.3 Å². The Morgan fingerprint density at radius 3 is 2.69 bits per heavy atom. The smallest absolute Gasteiger partial charge is 0.243 e. The minimum absolute atomic E-state index is 0.0431. The second kappa shape index (κ2) is 6.34. The number of carbonyl (C=O) groups excluding carboxylic acids is 2. The van der Waals surface area contributed by atoms with Crippen LogP contribution in [0.2, 0.25) is 0 Å². The maximum absolute atomic E-state index is 14.2. The standard InChI is InChI=1S/C28H37N3O4/c1-24(2)11-13-34-21-18(35-24)9-8-17-20(21)29-22(32)28(17)15-27-16-31-12-7-6-10-26(31,23(33)30(27)5)14-19(27)25(28,3)4/h8-9,19H,6-7,10-16H2,1-5H3,(H,29,32)/t19?,26?,27?,28-/m1/s1. The van der Waals surface area contributed by atoms with E-state index in [1.54, 1.807) is 0 Å². The summed E-state index contributed by atoms with van der Waals surface area (Å²) in [5.74, 6) is 1.91. The largest absolute Gasteiger partial charge is 0.487 e. The van der Waals surface area contributed by atoms with Crippen molar-refractivity contribution < 1.29 is 19.1 Å². The molecule has 0 radical (unpaired) electrons. The van der Waals surface area contributed by atoms with Gasteiger partial charge in [0.25, 0.3) is 0 Å². The number of fused-ring (bicyclic) bond motifs is 5. The van der Waals surface area contributed by atoms with Crippen LogP contribution >= 0.6 is 0 Å². The molecule has 1 aromatic rings. The fourth-order valence-electron chi connectivity index (χ4n) is 9.09. The van der Waals surface area contributed by atoms with Crippen molar-refractivity contribution in [1.82, 2.24) is 9.80 Å². The molecule has 188 valence electrons. The highest BCUT2D eigenvalue weighted by atomic mass is 16.5. The number of nitrogens with one attached hydrogen (secondary N) is 1. The number of hydrogen-bond acceptors (Lipinski definition) is 5. The number of piperazine rings is 1. The van der Waals surface area contributed by atoms with E-state index in [9.17, 15) is 9.59 Å². The van der Waals surface area contributed by atoms with Crippen molar-refractivity contribution in [3.63, 3.8) is 0 Å². The Morgan fingerprint density at radius 1 is 1.09 bits per heavy atom. The van der Waals surface area contributed by atoms with Gasteiger partial charge in [-0.15, -0.1) is 0 Å². The van der Waals surface area contributed by atoms with Crippen LogP contribution in [0.25, 0.3) is 0 Å². The van der Waals surface area contributed by atoms with E-state index < -0.39 is 11.0 Å². The molecule has 3 spiro atoms. The highest BCUT2D eigenvalue weighted by molar-refractivity contribution is 6.09. The molecule has 7 nitrogen and oxygen atoms in total. The summed E-state index contributed by atoms with van der Waals surface area (Å²) in [4.78, 5) is 32.6. The first-order valence-electron chi connectivity index (χ1n) is 13.3. The number of benzene rings is 1. The van der Waals surface area contributed by atoms with Gasteiger partial charge >= 0.3 is 0 Å². The lowest BCUT2D eigenvalue weighted by Gasteiger charge is -2.67. The molecule has 6 aliphatic heterocycles. The van der Waals surface area contributed by atoms with Crippen LogP contribution in [-0.4, -0.2) is 65.0 Å². The van der Waals surface area contributed by atoms with Crippen molar-refractivity contribution in [2.75, 3.05) is 32.1 Å². The van der Waals surface area contributed by atoms with Crippen LogP contribution in [0.4, 0.5) is 5.69 Å². The summed E-state index contributed by atoms with van der Waals surface area (Å²) in [7, 11) is 2.00. The highest BCUT2D eigenvalue weighted by Crippen LogP contribution is 2.72. The van der Waals surface area contributed by atoms with Gasteiger partial charge in [0.15, 0.2) is 11.5 Å².